The third-order valence-electron chi connectivity index (χ3n) is 3.66. The number of imidazole rings is 1. The monoisotopic (exact) mass is 265 g/mol. The summed E-state index contributed by atoms with van der Waals surface area (Å²) < 4.78 is 2.14. The minimum absolute atomic E-state index is 0.626. The van der Waals surface area contributed by atoms with Crippen LogP contribution in [0.4, 0.5) is 0 Å². The summed E-state index contributed by atoms with van der Waals surface area (Å²) in [5, 5.41) is 0. The first-order chi connectivity index (χ1) is 9.70. The maximum atomic E-state index is 5.78. The van der Waals surface area contributed by atoms with E-state index in [0.29, 0.717) is 6.54 Å². The molecule has 20 heavy (non-hydrogen) atoms. The smallest absolute Gasteiger partial charge is 0.137 e. The van der Waals surface area contributed by atoms with Crippen molar-refractivity contribution in [2.24, 2.45) is 5.73 Å². The summed E-state index contributed by atoms with van der Waals surface area (Å²) >= 11 is 0. The van der Waals surface area contributed by atoms with Crippen LogP contribution in [0.1, 0.15) is 16.8 Å². The van der Waals surface area contributed by atoms with Gasteiger partial charge in [0.15, 0.2) is 0 Å². The van der Waals surface area contributed by atoms with Gasteiger partial charge in [0.05, 0.1) is 11.4 Å². The third kappa shape index (κ3) is 2.10. The molecule has 3 heteroatoms. The Balaban J connectivity index is 2.29. The first-order valence-corrected chi connectivity index (χ1v) is 6.94. The van der Waals surface area contributed by atoms with E-state index in [-0.39, 0.29) is 0 Å². The zero-order valence-corrected chi connectivity index (χ0v) is 11.9. The van der Waals surface area contributed by atoms with Crippen molar-refractivity contribution in [2.75, 3.05) is 6.54 Å². The molecule has 0 amide bonds. The van der Waals surface area contributed by atoms with E-state index in [9.17, 15) is 0 Å². The zero-order valence-electron chi connectivity index (χ0n) is 11.9. The molecule has 2 N–H and O–H groups in total. The molecule has 3 rings (SSSR count). The second-order valence-electron chi connectivity index (χ2n) is 5.19. The lowest BCUT2D eigenvalue weighted by molar-refractivity contribution is 0.907. The standard InChI is InChI=1S/C17H19N3/c1-12-6-7-13(2)14(11-12)17-15(8-9-18)20-10-4-3-5-16(20)19-17/h3-7,10-11H,8-9,18H2,1-2H3. The molecule has 0 atom stereocenters. The fraction of sp³-hybridized carbons (Fsp3) is 0.235. The van der Waals surface area contributed by atoms with Crippen LogP contribution in [0.2, 0.25) is 0 Å². The van der Waals surface area contributed by atoms with E-state index in [1.807, 2.05) is 18.2 Å². The molecule has 3 nitrogen and oxygen atoms in total. The molecule has 0 aliphatic carbocycles. The van der Waals surface area contributed by atoms with Crippen LogP contribution in [0.3, 0.4) is 0 Å². The summed E-state index contributed by atoms with van der Waals surface area (Å²) in [6, 6.07) is 12.6. The van der Waals surface area contributed by atoms with Gasteiger partial charge in [0.1, 0.15) is 5.65 Å². The van der Waals surface area contributed by atoms with Crippen LogP contribution in [0.25, 0.3) is 16.9 Å². The van der Waals surface area contributed by atoms with Crippen molar-refractivity contribution in [3.8, 4) is 11.3 Å². The predicted octanol–water partition coefficient (Wildman–Crippen LogP) is 3.12. The third-order valence-corrected chi connectivity index (χ3v) is 3.66. The maximum Gasteiger partial charge on any atom is 0.137 e. The number of aromatic nitrogens is 2. The van der Waals surface area contributed by atoms with E-state index in [1.165, 1.54) is 22.4 Å². The molecule has 2 aromatic heterocycles. The lowest BCUT2D eigenvalue weighted by Crippen LogP contribution is -2.06. The number of benzene rings is 1. The minimum Gasteiger partial charge on any atom is -0.330 e. The fourth-order valence-electron chi connectivity index (χ4n) is 2.63. The lowest BCUT2D eigenvalue weighted by atomic mass is 10.0. The van der Waals surface area contributed by atoms with Gasteiger partial charge >= 0.3 is 0 Å². The van der Waals surface area contributed by atoms with E-state index < -0.39 is 0 Å². The molecule has 0 radical (unpaired) electrons. The normalized spacial score (nSPS) is 11.2. The number of hydrogen-bond acceptors (Lipinski definition) is 2. The molecular weight excluding hydrogens is 246 g/mol. The number of nitrogens with two attached hydrogens (primary N) is 1. The summed E-state index contributed by atoms with van der Waals surface area (Å²) in [7, 11) is 0. The average molecular weight is 265 g/mol. The van der Waals surface area contributed by atoms with Crippen LogP contribution in [0, 0.1) is 13.8 Å². The van der Waals surface area contributed by atoms with Gasteiger partial charge in [0.2, 0.25) is 0 Å². The highest BCUT2D eigenvalue weighted by Gasteiger charge is 2.14. The first kappa shape index (κ1) is 12.9. The molecule has 0 spiro atoms. The number of hydrogen-bond donors (Lipinski definition) is 1. The maximum absolute atomic E-state index is 5.78. The van der Waals surface area contributed by atoms with Crippen LogP contribution < -0.4 is 5.73 Å². The van der Waals surface area contributed by atoms with Gasteiger partial charge in [-0.2, -0.15) is 0 Å². The number of fused-ring (bicyclic) bond motifs is 1. The van der Waals surface area contributed by atoms with Gasteiger partial charge in [-0.25, -0.2) is 4.98 Å². The van der Waals surface area contributed by atoms with Gasteiger partial charge in [-0.3, -0.25) is 0 Å². The minimum atomic E-state index is 0.626. The second-order valence-corrected chi connectivity index (χ2v) is 5.19. The summed E-state index contributed by atoms with van der Waals surface area (Å²) in [5.74, 6) is 0. The Bertz CT molecular complexity index is 756. The van der Waals surface area contributed by atoms with Crippen molar-refractivity contribution in [1.29, 1.82) is 0 Å². The fourth-order valence-corrected chi connectivity index (χ4v) is 2.63. The van der Waals surface area contributed by atoms with Crippen LogP contribution in [0.5, 0.6) is 0 Å². The SMILES string of the molecule is Cc1ccc(C)c(-c2nc3ccccn3c2CCN)c1. The molecule has 3 aromatic rings. The number of nitrogens with zero attached hydrogens (tertiary/aromatic N) is 2. The highest BCUT2D eigenvalue weighted by Crippen LogP contribution is 2.28. The van der Waals surface area contributed by atoms with Gasteiger partial charge in [-0.05, 0) is 44.2 Å². The Hall–Kier alpha value is -2.13. The van der Waals surface area contributed by atoms with Crippen LogP contribution in [-0.2, 0) is 6.42 Å². The Morgan fingerprint density at radius 2 is 2.00 bits per heavy atom. The van der Waals surface area contributed by atoms with E-state index in [1.54, 1.807) is 0 Å². The quantitative estimate of drug-likeness (QED) is 0.790. The van der Waals surface area contributed by atoms with Crippen molar-refractivity contribution < 1.29 is 0 Å². The van der Waals surface area contributed by atoms with Gasteiger partial charge < -0.3 is 10.1 Å². The van der Waals surface area contributed by atoms with Gasteiger partial charge in [0, 0.05) is 18.2 Å². The van der Waals surface area contributed by atoms with Crippen LogP contribution in [-0.4, -0.2) is 15.9 Å². The van der Waals surface area contributed by atoms with E-state index in [4.69, 9.17) is 10.7 Å². The highest BCUT2D eigenvalue weighted by atomic mass is 15.0. The summed E-state index contributed by atoms with van der Waals surface area (Å²) in [5.41, 5.74) is 12.7. The van der Waals surface area contributed by atoms with Gasteiger partial charge in [0.25, 0.3) is 0 Å². The topological polar surface area (TPSA) is 43.3 Å². The van der Waals surface area contributed by atoms with Crippen molar-refractivity contribution >= 4 is 5.65 Å². The molecule has 0 aliphatic heterocycles. The molecule has 0 saturated carbocycles. The Morgan fingerprint density at radius 1 is 1.15 bits per heavy atom. The van der Waals surface area contributed by atoms with Crippen molar-refractivity contribution in [3.63, 3.8) is 0 Å². The molecule has 0 fully saturated rings. The number of pyridine rings is 1. The van der Waals surface area contributed by atoms with E-state index >= 15 is 0 Å². The lowest BCUT2D eigenvalue weighted by Gasteiger charge is -2.07. The Kier molecular flexibility index (Phi) is 3.28. The largest absolute Gasteiger partial charge is 0.330 e. The second kappa shape index (κ2) is 5.10. The highest BCUT2D eigenvalue weighted by molar-refractivity contribution is 5.70. The van der Waals surface area contributed by atoms with E-state index in [2.05, 4.69) is 42.6 Å². The zero-order chi connectivity index (χ0) is 14.1. The summed E-state index contributed by atoms with van der Waals surface area (Å²) in [6.45, 7) is 4.87. The summed E-state index contributed by atoms with van der Waals surface area (Å²) in [6.07, 6.45) is 2.88. The summed E-state index contributed by atoms with van der Waals surface area (Å²) in [4.78, 5) is 4.81. The molecule has 102 valence electrons. The average Bonchev–Trinajstić information content (AvgIpc) is 2.81. The molecular formula is C17H19N3. The molecule has 0 unspecified atom stereocenters. The molecule has 2 heterocycles. The Labute approximate surface area is 119 Å². The van der Waals surface area contributed by atoms with E-state index in [0.717, 1.165) is 17.8 Å². The molecule has 1 aromatic carbocycles. The molecule has 0 saturated heterocycles. The Morgan fingerprint density at radius 3 is 2.80 bits per heavy atom. The molecule has 0 bridgehead atoms. The molecule has 0 aliphatic rings. The van der Waals surface area contributed by atoms with Gasteiger partial charge in [-0.15, -0.1) is 0 Å². The van der Waals surface area contributed by atoms with Crippen LogP contribution >= 0.6 is 0 Å². The number of aryl methyl sites for hydroxylation is 2. The number of rotatable bonds is 3. The predicted molar refractivity (Wildman–Crippen MR) is 82.9 cm³/mol. The van der Waals surface area contributed by atoms with Crippen molar-refractivity contribution in [1.82, 2.24) is 9.38 Å². The van der Waals surface area contributed by atoms with Crippen LogP contribution in [0.15, 0.2) is 42.6 Å². The van der Waals surface area contributed by atoms with Gasteiger partial charge in [-0.1, -0.05) is 23.8 Å². The first-order valence-electron chi connectivity index (χ1n) is 6.94. The van der Waals surface area contributed by atoms with Crippen molar-refractivity contribution in [2.45, 2.75) is 20.3 Å². The van der Waals surface area contributed by atoms with Crippen molar-refractivity contribution in [3.05, 3.63) is 59.4 Å².